The van der Waals surface area contributed by atoms with Crippen LogP contribution in [0.3, 0.4) is 0 Å². The second-order valence-electron chi connectivity index (χ2n) is 6.09. The Hall–Kier alpha value is -2.57. The Bertz CT molecular complexity index is 1030. The Labute approximate surface area is 159 Å². The van der Waals surface area contributed by atoms with Crippen LogP contribution in [0, 0.1) is 17.0 Å². The molecule has 6 nitrogen and oxygen atoms in total. The van der Waals surface area contributed by atoms with Crippen molar-refractivity contribution in [2.75, 3.05) is 11.9 Å². The fourth-order valence-corrected chi connectivity index (χ4v) is 3.79. The van der Waals surface area contributed by atoms with Crippen LogP contribution in [-0.2, 0) is 6.42 Å². The molecule has 8 heteroatoms. The number of aromatic nitrogens is 2. The van der Waals surface area contributed by atoms with E-state index in [1.807, 2.05) is 6.92 Å². The van der Waals surface area contributed by atoms with Crippen LogP contribution in [0.15, 0.2) is 36.4 Å². The highest BCUT2D eigenvalue weighted by Gasteiger charge is 2.27. The van der Waals surface area contributed by atoms with Crippen molar-refractivity contribution < 1.29 is 4.92 Å². The number of nitro groups is 1. The van der Waals surface area contributed by atoms with E-state index in [1.165, 1.54) is 12.1 Å². The molecule has 0 unspecified atom stereocenters. The molecule has 0 saturated heterocycles. The molecule has 2 aromatic carbocycles. The minimum absolute atomic E-state index is 0.0187. The number of non-ortho nitro benzene ring substituents is 1. The summed E-state index contributed by atoms with van der Waals surface area (Å²) in [5, 5.41) is 20.2. The Balaban J connectivity index is 1.96. The van der Waals surface area contributed by atoms with Gasteiger partial charge in [-0.2, -0.15) is 5.10 Å². The Morgan fingerprint density at radius 2 is 1.96 bits per heavy atom. The molecule has 1 N–H and O–H groups in total. The topological polar surface area (TPSA) is 73.0 Å². The van der Waals surface area contributed by atoms with Gasteiger partial charge in [0.05, 0.1) is 20.7 Å². The third-order valence-electron chi connectivity index (χ3n) is 4.48. The number of halogens is 2. The van der Waals surface area contributed by atoms with Crippen molar-refractivity contribution in [3.05, 3.63) is 67.7 Å². The molecule has 0 amide bonds. The van der Waals surface area contributed by atoms with Crippen LogP contribution < -0.4 is 5.32 Å². The van der Waals surface area contributed by atoms with Gasteiger partial charge in [-0.15, -0.1) is 0 Å². The molecule has 4 rings (SSSR count). The minimum Gasteiger partial charge on any atom is -0.369 e. The van der Waals surface area contributed by atoms with Crippen LogP contribution in [0.5, 0.6) is 0 Å². The van der Waals surface area contributed by atoms with Crippen LogP contribution in [0.25, 0.3) is 16.9 Å². The van der Waals surface area contributed by atoms with Gasteiger partial charge in [0.2, 0.25) is 0 Å². The zero-order valence-electron chi connectivity index (χ0n) is 13.8. The standard InChI is InChI=1S/C18H14Cl2N4O2/c1-10-5-6-11(24(25)26)9-15(10)23-18-12(7-8-21-18)17(22-23)16-13(19)3-2-4-14(16)20/h2-6,9,21H,7-8H2,1H3. The van der Waals surface area contributed by atoms with Crippen molar-refractivity contribution in [2.45, 2.75) is 13.3 Å². The van der Waals surface area contributed by atoms with E-state index in [4.69, 9.17) is 28.3 Å². The van der Waals surface area contributed by atoms with Crippen molar-refractivity contribution in [1.82, 2.24) is 9.78 Å². The van der Waals surface area contributed by atoms with Crippen LogP contribution >= 0.6 is 23.2 Å². The second-order valence-corrected chi connectivity index (χ2v) is 6.90. The predicted octanol–water partition coefficient (Wildman–Crippen LogP) is 5.03. The normalized spacial score (nSPS) is 12.7. The highest BCUT2D eigenvalue weighted by atomic mass is 35.5. The number of nitrogens with zero attached hydrogens (tertiary/aromatic N) is 3. The van der Waals surface area contributed by atoms with E-state index in [2.05, 4.69) is 5.32 Å². The lowest BCUT2D eigenvalue weighted by atomic mass is 10.1. The maximum absolute atomic E-state index is 11.2. The molecule has 132 valence electrons. The first kappa shape index (κ1) is 16.9. The first-order valence-electron chi connectivity index (χ1n) is 8.03. The third-order valence-corrected chi connectivity index (χ3v) is 5.11. The van der Waals surface area contributed by atoms with Gasteiger partial charge in [-0.05, 0) is 31.0 Å². The Morgan fingerprint density at radius 1 is 1.23 bits per heavy atom. The average molecular weight is 389 g/mol. The molecular weight excluding hydrogens is 375 g/mol. The lowest BCUT2D eigenvalue weighted by molar-refractivity contribution is -0.384. The molecular formula is C18H14Cl2N4O2. The molecule has 26 heavy (non-hydrogen) atoms. The summed E-state index contributed by atoms with van der Waals surface area (Å²) in [7, 11) is 0. The molecule has 1 aliphatic heterocycles. The van der Waals surface area contributed by atoms with Crippen molar-refractivity contribution in [2.24, 2.45) is 0 Å². The maximum atomic E-state index is 11.2. The summed E-state index contributed by atoms with van der Waals surface area (Å²) in [4.78, 5) is 10.8. The molecule has 0 aliphatic carbocycles. The van der Waals surface area contributed by atoms with Crippen molar-refractivity contribution in [1.29, 1.82) is 0 Å². The summed E-state index contributed by atoms with van der Waals surface area (Å²) in [6, 6.07) is 10.1. The van der Waals surface area contributed by atoms with Crippen molar-refractivity contribution in [3.63, 3.8) is 0 Å². The van der Waals surface area contributed by atoms with Gasteiger partial charge in [0, 0.05) is 29.8 Å². The van der Waals surface area contributed by atoms with E-state index in [-0.39, 0.29) is 5.69 Å². The molecule has 3 aromatic rings. The Morgan fingerprint density at radius 3 is 2.65 bits per heavy atom. The highest BCUT2D eigenvalue weighted by Crippen LogP contribution is 2.41. The van der Waals surface area contributed by atoms with Gasteiger partial charge >= 0.3 is 0 Å². The molecule has 0 saturated carbocycles. The van der Waals surface area contributed by atoms with Gasteiger partial charge in [0.1, 0.15) is 11.5 Å². The van der Waals surface area contributed by atoms with E-state index in [0.29, 0.717) is 27.0 Å². The van der Waals surface area contributed by atoms with Gasteiger partial charge in [0.15, 0.2) is 0 Å². The van der Waals surface area contributed by atoms with Crippen LogP contribution in [0.1, 0.15) is 11.1 Å². The summed E-state index contributed by atoms with van der Waals surface area (Å²) in [6.45, 7) is 2.65. The summed E-state index contributed by atoms with van der Waals surface area (Å²) in [5.41, 5.74) is 3.94. The summed E-state index contributed by atoms with van der Waals surface area (Å²) < 4.78 is 1.71. The molecule has 2 heterocycles. The molecule has 1 aromatic heterocycles. The van der Waals surface area contributed by atoms with Gasteiger partial charge in [-0.25, -0.2) is 4.68 Å². The summed E-state index contributed by atoms with van der Waals surface area (Å²) >= 11 is 12.8. The number of aryl methyl sites for hydroxylation is 1. The molecule has 1 aliphatic rings. The lowest BCUT2D eigenvalue weighted by Crippen LogP contribution is -2.06. The molecule has 0 spiro atoms. The SMILES string of the molecule is Cc1ccc([N+](=O)[O-])cc1-n1nc(-c2c(Cl)cccc2Cl)c2c1NCC2. The number of rotatable bonds is 3. The van der Waals surface area contributed by atoms with Gasteiger partial charge < -0.3 is 5.32 Å². The van der Waals surface area contributed by atoms with E-state index >= 15 is 0 Å². The van der Waals surface area contributed by atoms with Crippen molar-refractivity contribution in [3.8, 4) is 16.9 Å². The van der Waals surface area contributed by atoms with Crippen LogP contribution in [-0.4, -0.2) is 21.2 Å². The highest BCUT2D eigenvalue weighted by molar-refractivity contribution is 6.39. The maximum Gasteiger partial charge on any atom is 0.271 e. The van der Waals surface area contributed by atoms with Gasteiger partial charge in [-0.1, -0.05) is 35.3 Å². The zero-order valence-corrected chi connectivity index (χ0v) is 15.3. The third kappa shape index (κ3) is 2.62. The molecule has 0 fully saturated rings. The van der Waals surface area contributed by atoms with Crippen LogP contribution in [0.2, 0.25) is 10.0 Å². The van der Waals surface area contributed by atoms with Crippen LogP contribution in [0.4, 0.5) is 11.5 Å². The quantitative estimate of drug-likeness (QED) is 0.504. The molecule has 0 radical (unpaired) electrons. The molecule has 0 bridgehead atoms. The smallest absolute Gasteiger partial charge is 0.271 e. The largest absolute Gasteiger partial charge is 0.369 e. The monoisotopic (exact) mass is 388 g/mol. The van der Waals surface area contributed by atoms with Gasteiger partial charge in [-0.3, -0.25) is 10.1 Å². The molecule has 0 atom stereocenters. The summed E-state index contributed by atoms with van der Waals surface area (Å²) in [5.74, 6) is 0.819. The minimum atomic E-state index is -0.411. The number of anilines is 1. The number of benzene rings is 2. The van der Waals surface area contributed by atoms with Gasteiger partial charge in [0.25, 0.3) is 5.69 Å². The predicted molar refractivity (Wildman–Crippen MR) is 103 cm³/mol. The van der Waals surface area contributed by atoms with E-state index in [0.717, 1.165) is 29.9 Å². The Kier molecular flexibility index (Phi) is 4.09. The first-order valence-corrected chi connectivity index (χ1v) is 8.78. The second kappa shape index (κ2) is 6.30. The number of hydrogen-bond acceptors (Lipinski definition) is 4. The summed E-state index contributed by atoms with van der Waals surface area (Å²) in [6.07, 6.45) is 0.778. The number of fused-ring (bicyclic) bond motifs is 1. The van der Waals surface area contributed by atoms with E-state index in [9.17, 15) is 10.1 Å². The fraction of sp³-hybridized carbons (Fsp3) is 0.167. The lowest BCUT2D eigenvalue weighted by Gasteiger charge is -2.09. The van der Waals surface area contributed by atoms with E-state index in [1.54, 1.807) is 28.9 Å². The first-order chi connectivity index (χ1) is 12.5. The van der Waals surface area contributed by atoms with E-state index < -0.39 is 4.92 Å². The average Bonchev–Trinajstić information content (AvgIpc) is 3.19. The fourth-order valence-electron chi connectivity index (χ4n) is 3.21. The number of hydrogen-bond donors (Lipinski definition) is 1. The number of nitro benzene ring substituents is 1. The van der Waals surface area contributed by atoms with Crippen molar-refractivity contribution >= 4 is 34.7 Å². The zero-order chi connectivity index (χ0) is 18.4. The number of nitrogens with one attached hydrogen (secondary N) is 1.